The molecule has 3 heterocycles. The van der Waals surface area contributed by atoms with E-state index in [4.69, 9.17) is 9.26 Å². The Kier molecular flexibility index (Phi) is 5.95. The van der Waals surface area contributed by atoms with Crippen LogP contribution in [0.2, 0.25) is 0 Å². The molecule has 150 valence electrons. The van der Waals surface area contributed by atoms with E-state index < -0.39 is 0 Å². The highest BCUT2D eigenvalue weighted by atomic mass is 16.5. The van der Waals surface area contributed by atoms with Gasteiger partial charge in [0.15, 0.2) is 5.82 Å². The third-order valence-electron chi connectivity index (χ3n) is 5.02. The Balaban J connectivity index is 1.22. The zero-order valence-corrected chi connectivity index (χ0v) is 16.5. The summed E-state index contributed by atoms with van der Waals surface area (Å²) >= 11 is 0. The van der Waals surface area contributed by atoms with Crippen LogP contribution in [0.25, 0.3) is 11.5 Å². The number of likely N-dealkylation sites (tertiary alicyclic amines) is 1. The standard InChI is InChI=1S/C22H24N4O3/c1-16-13-18(15-23-14-16)22(27)26-10-7-19(8-11-26)28-12-9-20-24-21(29-25-20)17-5-3-2-4-6-17/h2-6,13-15,19H,7-12H2,1H3. The number of nitrogens with zero attached hydrogens (tertiary/aromatic N) is 4. The zero-order chi connectivity index (χ0) is 20.1. The number of aryl methyl sites for hydroxylation is 1. The Morgan fingerprint density at radius 3 is 2.76 bits per heavy atom. The van der Waals surface area contributed by atoms with Crippen molar-refractivity contribution in [2.45, 2.75) is 32.3 Å². The second kappa shape index (κ2) is 8.96. The minimum absolute atomic E-state index is 0.0416. The Hall–Kier alpha value is -3.06. The molecule has 0 spiro atoms. The van der Waals surface area contributed by atoms with Crippen LogP contribution in [0.3, 0.4) is 0 Å². The molecule has 29 heavy (non-hydrogen) atoms. The molecular weight excluding hydrogens is 368 g/mol. The zero-order valence-electron chi connectivity index (χ0n) is 16.5. The maximum atomic E-state index is 12.6. The summed E-state index contributed by atoms with van der Waals surface area (Å²) in [6, 6.07) is 11.6. The van der Waals surface area contributed by atoms with Crippen LogP contribution in [0.5, 0.6) is 0 Å². The molecule has 0 bridgehead atoms. The maximum Gasteiger partial charge on any atom is 0.257 e. The van der Waals surface area contributed by atoms with Gasteiger partial charge in [-0.2, -0.15) is 4.98 Å². The van der Waals surface area contributed by atoms with Crippen LogP contribution in [0, 0.1) is 6.92 Å². The fourth-order valence-corrected chi connectivity index (χ4v) is 3.45. The molecule has 4 rings (SSSR count). The minimum Gasteiger partial charge on any atom is -0.378 e. The van der Waals surface area contributed by atoms with Gasteiger partial charge in [0.1, 0.15) is 0 Å². The fraction of sp³-hybridized carbons (Fsp3) is 0.364. The van der Waals surface area contributed by atoms with Crippen molar-refractivity contribution < 1.29 is 14.1 Å². The SMILES string of the molecule is Cc1cncc(C(=O)N2CCC(OCCc3noc(-c4ccccc4)n3)CC2)c1. The topological polar surface area (TPSA) is 81.4 Å². The number of ether oxygens (including phenoxy) is 1. The molecule has 1 fully saturated rings. The first-order chi connectivity index (χ1) is 14.2. The Morgan fingerprint density at radius 1 is 1.21 bits per heavy atom. The Morgan fingerprint density at radius 2 is 2.00 bits per heavy atom. The van der Waals surface area contributed by atoms with Crippen molar-refractivity contribution in [3.63, 3.8) is 0 Å². The molecule has 0 radical (unpaired) electrons. The van der Waals surface area contributed by atoms with Crippen molar-refractivity contribution in [1.29, 1.82) is 0 Å². The molecule has 1 aliphatic heterocycles. The lowest BCUT2D eigenvalue weighted by molar-refractivity contribution is 0.00946. The smallest absolute Gasteiger partial charge is 0.257 e. The number of aromatic nitrogens is 3. The molecule has 1 aromatic carbocycles. The lowest BCUT2D eigenvalue weighted by Gasteiger charge is -2.32. The summed E-state index contributed by atoms with van der Waals surface area (Å²) in [6.45, 7) is 3.86. The van der Waals surface area contributed by atoms with Gasteiger partial charge >= 0.3 is 0 Å². The van der Waals surface area contributed by atoms with E-state index in [-0.39, 0.29) is 12.0 Å². The van der Waals surface area contributed by atoms with E-state index in [0.717, 1.165) is 24.0 Å². The van der Waals surface area contributed by atoms with E-state index in [2.05, 4.69) is 15.1 Å². The van der Waals surface area contributed by atoms with E-state index in [0.29, 0.717) is 43.4 Å². The maximum absolute atomic E-state index is 12.6. The number of carbonyl (C=O) groups is 1. The van der Waals surface area contributed by atoms with Crippen molar-refractivity contribution in [1.82, 2.24) is 20.0 Å². The Labute approximate surface area is 169 Å². The average Bonchev–Trinajstić information content (AvgIpc) is 3.23. The molecule has 2 aromatic heterocycles. The van der Waals surface area contributed by atoms with Crippen LogP contribution in [0.1, 0.15) is 34.6 Å². The second-order valence-corrected chi connectivity index (χ2v) is 7.25. The number of pyridine rings is 1. The summed E-state index contributed by atoms with van der Waals surface area (Å²) in [5, 5.41) is 4.03. The van der Waals surface area contributed by atoms with E-state index in [1.54, 1.807) is 12.4 Å². The predicted molar refractivity (Wildman–Crippen MR) is 107 cm³/mol. The summed E-state index contributed by atoms with van der Waals surface area (Å²) in [6.07, 6.45) is 5.79. The summed E-state index contributed by atoms with van der Waals surface area (Å²) in [7, 11) is 0. The Bertz CT molecular complexity index is 949. The van der Waals surface area contributed by atoms with Crippen LogP contribution in [-0.4, -0.2) is 51.7 Å². The molecule has 0 atom stereocenters. The van der Waals surface area contributed by atoms with Crippen LogP contribution in [-0.2, 0) is 11.2 Å². The average molecular weight is 392 g/mol. The van der Waals surface area contributed by atoms with Crippen LogP contribution in [0.15, 0.2) is 53.3 Å². The molecule has 7 nitrogen and oxygen atoms in total. The third-order valence-corrected chi connectivity index (χ3v) is 5.02. The van der Waals surface area contributed by atoms with E-state index in [9.17, 15) is 4.79 Å². The van der Waals surface area contributed by atoms with Crippen molar-refractivity contribution in [2.75, 3.05) is 19.7 Å². The quantitative estimate of drug-likeness (QED) is 0.640. The van der Waals surface area contributed by atoms with Gasteiger partial charge in [-0.3, -0.25) is 9.78 Å². The van der Waals surface area contributed by atoms with Crippen LogP contribution < -0.4 is 0 Å². The molecule has 0 N–H and O–H groups in total. The van der Waals surface area contributed by atoms with E-state index in [1.807, 2.05) is 48.2 Å². The number of hydrogen-bond acceptors (Lipinski definition) is 6. The van der Waals surface area contributed by atoms with Crippen molar-refractivity contribution in [3.05, 3.63) is 65.7 Å². The first-order valence-electron chi connectivity index (χ1n) is 9.89. The van der Waals surface area contributed by atoms with Gasteiger partial charge in [0, 0.05) is 37.5 Å². The fourth-order valence-electron chi connectivity index (χ4n) is 3.45. The van der Waals surface area contributed by atoms with Gasteiger partial charge in [-0.15, -0.1) is 0 Å². The first-order valence-corrected chi connectivity index (χ1v) is 9.89. The largest absolute Gasteiger partial charge is 0.378 e. The molecule has 1 aliphatic rings. The summed E-state index contributed by atoms with van der Waals surface area (Å²) in [5.74, 6) is 1.21. The summed E-state index contributed by atoms with van der Waals surface area (Å²) < 4.78 is 11.3. The highest BCUT2D eigenvalue weighted by Gasteiger charge is 2.24. The van der Waals surface area contributed by atoms with E-state index in [1.165, 1.54) is 0 Å². The molecule has 0 aliphatic carbocycles. The number of rotatable bonds is 6. The highest BCUT2D eigenvalue weighted by Crippen LogP contribution is 2.18. The molecular formula is C22H24N4O3. The molecule has 1 saturated heterocycles. The third kappa shape index (κ3) is 4.86. The van der Waals surface area contributed by atoms with Gasteiger partial charge < -0.3 is 14.2 Å². The lowest BCUT2D eigenvalue weighted by Crippen LogP contribution is -2.41. The van der Waals surface area contributed by atoms with Crippen molar-refractivity contribution in [3.8, 4) is 11.5 Å². The van der Waals surface area contributed by atoms with Crippen LogP contribution in [0.4, 0.5) is 0 Å². The first kappa shape index (κ1) is 19.3. The molecule has 3 aromatic rings. The minimum atomic E-state index is 0.0416. The van der Waals surface area contributed by atoms with Gasteiger partial charge in [0.2, 0.25) is 0 Å². The molecule has 7 heteroatoms. The normalized spacial score (nSPS) is 14.9. The van der Waals surface area contributed by atoms with Crippen LogP contribution >= 0.6 is 0 Å². The number of benzene rings is 1. The predicted octanol–water partition coefficient (Wildman–Crippen LogP) is 3.30. The van der Waals surface area contributed by atoms with Crippen molar-refractivity contribution in [2.24, 2.45) is 0 Å². The molecule has 1 amide bonds. The number of piperidine rings is 1. The monoisotopic (exact) mass is 392 g/mol. The summed E-state index contributed by atoms with van der Waals surface area (Å²) in [4.78, 5) is 23.0. The van der Waals surface area contributed by atoms with E-state index >= 15 is 0 Å². The van der Waals surface area contributed by atoms with Gasteiger partial charge in [0.05, 0.1) is 18.3 Å². The number of amides is 1. The van der Waals surface area contributed by atoms with Gasteiger partial charge in [0.25, 0.3) is 11.8 Å². The summed E-state index contributed by atoms with van der Waals surface area (Å²) in [5.41, 5.74) is 2.55. The van der Waals surface area contributed by atoms with Gasteiger partial charge in [-0.05, 0) is 43.5 Å². The van der Waals surface area contributed by atoms with Gasteiger partial charge in [-0.25, -0.2) is 0 Å². The number of carbonyl (C=O) groups excluding carboxylic acids is 1. The number of hydrogen-bond donors (Lipinski definition) is 0. The van der Waals surface area contributed by atoms with Crippen molar-refractivity contribution >= 4 is 5.91 Å². The van der Waals surface area contributed by atoms with Gasteiger partial charge in [-0.1, -0.05) is 23.4 Å². The molecule has 0 saturated carbocycles. The molecule has 0 unspecified atom stereocenters. The lowest BCUT2D eigenvalue weighted by atomic mass is 10.1. The highest BCUT2D eigenvalue weighted by molar-refractivity contribution is 5.94. The second-order valence-electron chi connectivity index (χ2n) is 7.25.